The molecule has 1 aliphatic rings. The van der Waals surface area contributed by atoms with Crippen molar-refractivity contribution in [1.29, 1.82) is 0 Å². The van der Waals surface area contributed by atoms with Gasteiger partial charge in [-0.05, 0) is 42.7 Å². The molecule has 6 heteroatoms. The number of pyridine rings is 1. The highest BCUT2D eigenvalue weighted by Gasteiger charge is 2.25. The number of aliphatic hydroxyl groups is 1. The minimum atomic E-state index is 0.00760. The quantitative estimate of drug-likeness (QED) is 0.722. The average molecular weight is 356 g/mol. The van der Waals surface area contributed by atoms with E-state index in [1.807, 2.05) is 0 Å². The summed E-state index contributed by atoms with van der Waals surface area (Å²) in [4.78, 5) is 15.1. The average Bonchev–Trinajstić information content (AvgIpc) is 3.22. The molecule has 3 aromatic heterocycles. The standard InChI is InChI=1S/C19H24N4OS/c1-4-11(8-24)22-18-17-16(20-9-21-18)14-12-6-5-7-13(12)15(10(2)3)23-19(14)25-17/h9-11,24H,4-8H2,1-3H3,(H,20,21,22)/t11-/m0/s1. The Balaban J connectivity index is 1.96. The molecule has 132 valence electrons. The summed E-state index contributed by atoms with van der Waals surface area (Å²) in [5, 5.41) is 14.1. The number of hydrogen-bond acceptors (Lipinski definition) is 6. The topological polar surface area (TPSA) is 70.9 Å². The number of nitrogens with one attached hydrogen (secondary N) is 1. The van der Waals surface area contributed by atoms with Gasteiger partial charge in [0.25, 0.3) is 0 Å². The van der Waals surface area contributed by atoms with E-state index in [1.165, 1.54) is 28.6 Å². The normalized spacial score (nSPS) is 15.2. The number of hydrogen-bond donors (Lipinski definition) is 2. The van der Waals surface area contributed by atoms with Gasteiger partial charge in [-0.15, -0.1) is 11.3 Å². The fourth-order valence-electron chi connectivity index (χ4n) is 3.78. The summed E-state index contributed by atoms with van der Waals surface area (Å²) < 4.78 is 1.05. The lowest BCUT2D eigenvalue weighted by molar-refractivity contribution is 0.271. The lowest BCUT2D eigenvalue weighted by atomic mass is 9.99. The van der Waals surface area contributed by atoms with Gasteiger partial charge in [-0.2, -0.15) is 0 Å². The molecule has 1 aliphatic carbocycles. The van der Waals surface area contributed by atoms with Crippen molar-refractivity contribution in [2.45, 2.75) is 58.4 Å². The Kier molecular flexibility index (Phi) is 4.33. The maximum absolute atomic E-state index is 9.51. The minimum Gasteiger partial charge on any atom is -0.394 e. The zero-order valence-corrected chi connectivity index (χ0v) is 15.8. The van der Waals surface area contributed by atoms with Crippen LogP contribution in [0.15, 0.2) is 6.33 Å². The number of aryl methyl sites for hydroxylation is 1. The predicted octanol–water partition coefficient (Wildman–Crippen LogP) is 4.03. The fourth-order valence-corrected chi connectivity index (χ4v) is 4.90. The Bertz CT molecular complexity index is 930. The first-order valence-corrected chi connectivity index (χ1v) is 9.91. The van der Waals surface area contributed by atoms with Gasteiger partial charge in [0.1, 0.15) is 17.0 Å². The first-order chi connectivity index (χ1) is 12.1. The summed E-state index contributed by atoms with van der Waals surface area (Å²) in [6.07, 6.45) is 5.91. The van der Waals surface area contributed by atoms with Gasteiger partial charge in [-0.3, -0.25) is 0 Å². The number of nitrogens with zero attached hydrogens (tertiary/aromatic N) is 3. The first kappa shape index (κ1) is 16.7. The number of fused-ring (bicyclic) bond motifs is 5. The molecule has 1 atom stereocenters. The monoisotopic (exact) mass is 356 g/mol. The largest absolute Gasteiger partial charge is 0.394 e. The van der Waals surface area contributed by atoms with Gasteiger partial charge in [-0.1, -0.05) is 20.8 Å². The highest BCUT2D eigenvalue weighted by atomic mass is 32.1. The van der Waals surface area contributed by atoms with Crippen LogP contribution in [0.2, 0.25) is 0 Å². The first-order valence-electron chi connectivity index (χ1n) is 9.10. The zero-order chi connectivity index (χ0) is 17.6. The Morgan fingerprint density at radius 1 is 1.24 bits per heavy atom. The van der Waals surface area contributed by atoms with E-state index in [0.717, 1.165) is 40.1 Å². The molecule has 3 aromatic rings. The van der Waals surface area contributed by atoms with Crippen LogP contribution in [0, 0.1) is 0 Å². The lowest BCUT2D eigenvalue weighted by Gasteiger charge is -2.14. The maximum atomic E-state index is 9.51. The van der Waals surface area contributed by atoms with Crippen molar-refractivity contribution in [1.82, 2.24) is 15.0 Å². The molecular formula is C19H24N4OS. The van der Waals surface area contributed by atoms with Gasteiger partial charge in [0.05, 0.1) is 22.9 Å². The molecule has 4 rings (SSSR count). The molecule has 2 N–H and O–H groups in total. The maximum Gasteiger partial charge on any atom is 0.147 e. The second-order valence-corrected chi connectivity index (χ2v) is 8.08. The Morgan fingerprint density at radius 3 is 2.76 bits per heavy atom. The highest BCUT2D eigenvalue weighted by molar-refractivity contribution is 7.26. The summed E-state index contributed by atoms with van der Waals surface area (Å²) in [7, 11) is 0. The van der Waals surface area contributed by atoms with Crippen LogP contribution >= 0.6 is 11.3 Å². The Hall–Kier alpha value is -1.79. The molecule has 0 spiro atoms. The minimum absolute atomic E-state index is 0.00760. The van der Waals surface area contributed by atoms with Crippen LogP contribution in [-0.4, -0.2) is 32.7 Å². The summed E-state index contributed by atoms with van der Waals surface area (Å²) >= 11 is 1.67. The predicted molar refractivity (Wildman–Crippen MR) is 104 cm³/mol. The summed E-state index contributed by atoms with van der Waals surface area (Å²) in [5.41, 5.74) is 5.14. The number of rotatable bonds is 5. The zero-order valence-electron chi connectivity index (χ0n) is 15.0. The van der Waals surface area contributed by atoms with E-state index in [0.29, 0.717) is 5.92 Å². The van der Waals surface area contributed by atoms with E-state index < -0.39 is 0 Å². The van der Waals surface area contributed by atoms with Gasteiger partial charge < -0.3 is 10.4 Å². The summed E-state index contributed by atoms with van der Waals surface area (Å²) in [5.74, 6) is 1.25. The Labute approximate surface area is 151 Å². The molecule has 0 bridgehead atoms. The van der Waals surface area contributed by atoms with Gasteiger partial charge in [0.2, 0.25) is 0 Å². The molecule has 0 fully saturated rings. The number of anilines is 1. The lowest BCUT2D eigenvalue weighted by Crippen LogP contribution is -2.23. The highest BCUT2D eigenvalue weighted by Crippen LogP contribution is 2.42. The van der Waals surface area contributed by atoms with Crippen LogP contribution in [-0.2, 0) is 12.8 Å². The van der Waals surface area contributed by atoms with E-state index in [9.17, 15) is 5.11 Å². The van der Waals surface area contributed by atoms with Gasteiger partial charge >= 0.3 is 0 Å². The molecule has 0 radical (unpaired) electrons. The molecular weight excluding hydrogens is 332 g/mol. The van der Waals surface area contributed by atoms with Crippen LogP contribution in [0.5, 0.6) is 0 Å². The van der Waals surface area contributed by atoms with Crippen molar-refractivity contribution in [2.75, 3.05) is 11.9 Å². The van der Waals surface area contributed by atoms with Gasteiger partial charge in [0.15, 0.2) is 0 Å². The van der Waals surface area contributed by atoms with Crippen molar-refractivity contribution in [3.8, 4) is 0 Å². The smallest absolute Gasteiger partial charge is 0.147 e. The number of thiophene rings is 1. The van der Waals surface area contributed by atoms with E-state index in [2.05, 4.69) is 36.1 Å². The van der Waals surface area contributed by atoms with Crippen molar-refractivity contribution >= 4 is 37.6 Å². The van der Waals surface area contributed by atoms with Crippen molar-refractivity contribution in [3.05, 3.63) is 23.1 Å². The van der Waals surface area contributed by atoms with E-state index >= 15 is 0 Å². The van der Waals surface area contributed by atoms with Crippen LogP contribution in [0.4, 0.5) is 5.82 Å². The molecule has 25 heavy (non-hydrogen) atoms. The van der Waals surface area contributed by atoms with Crippen LogP contribution in [0.3, 0.4) is 0 Å². The summed E-state index contributed by atoms with van der Waals surface area (Å²) in [6.45, 7) is 6.60. The molecule has 3 heterocycles. The third-order valence-corrected chi connectivity index (χ3v) is 6.18. The number of aromatic nitrogens is 3. The number of aliphatic hydroxyl groups excluding tert-OH is 1. The van der Waals surface area contributed by atoms with E-state index in [-0.39, 0.29) is 12.6 Å². The SMILES string of the molecule is CC[C@@H](CO)Nc1ncnc2c1sc1nc(C(C)C)c3c(c12)CCC3. The molecule has 0 unspecified atom stereocenters. The van der Waals surface area contributed by atoms with Gasteiger partial charge in [0, 0.05) is 11.1 Å². The second kappa shape index (κ2) is 6.50. The van der Waals surface area contributed by atoms with E-state index in [1.54, 1.807) is 17.7 Å². The fraction of sp³-hybridized carbons (Fsp3) is 0.526. The third kappa shape index (κ3) is 2.68. The molecule has 0 aliphatic heterocycles. The summed E-state index contributed by atoms with van der Waals surface area (Å²) in [6, 6.07) is 0.00760. The van der Waals surface area contributed by atoms with Crippen molar-refractivity contribution in [3.63, 3.8) is 0 Å². The molecule has 0 saturated carbocycles. The van der Waals surface area contributed by atoms with Gasteiger partial charge in [-0.25, -0.2) is 15.0 Å². The molecule has 0 saturated heterocycles. The van der Waals surface area contributed by atoms with Crippen LogP contribution < -0.4 is 5.32 Å². The molecule has 5 nitrogen and oxygen atoms in total. The van der Waals surface area contributed by atoms with Crippen LogP contribution in [0.1, 0.15) is 56.4 Å². The third-order valence-electron chi connectivity index (χ3n) is 5.10. The van der Waals surface area contributed by atoms with Crippen molar-refractivity contribution < 1.29 is 5.11 Å². The van der Waals surface area contributed by atoms with Crippen LogP contribution in [0.25, 0.3) is 20.4 Å². The Morgan fingerprint density at radius 2 is 2.04 bits per heavy atom. The molecule has 0 aromatic carbocycles. The molecule has 0 amide bonds. The second-order valence-electron chi connectivity index (χ2n) is 7.08. The van der Waals surface area contributed by atoms with Crippen molar-refractivity contribution in [2.24, 2.45) is 0 Å². The van der Waals surface area contributed by atoms with E-state index in [4.69, 9.17) is 4.98 Å².